The first kappa shape index (κ1) is 17.7. The zero-order valence-corrected chi connectivity index (χ0v) is 15.1. The second-order valence-corrected chi connectivity index (χ2v) is 6.89. The molecule has 1 atom stereocenters. The molecule has 0 spiro atoms. The molecule has 3 nitrogen and oxygen atoms in total. The number of aryl methyl sites for hydroxylation is 1. The molecule has 132 valence electrons. The Hall–Kier alpha value is -2.13. The van der Waals surface area contributed by atoms with Gasteiger partial charge in [-0.05, 0) is 55.5 Å². The summed E-state index contributed by atoms with van der Waals surface area (Å²) in [6.07, 6.45) is 4.27. The van der Waals surface area contributed by atoms with Gasteiger partial charge in [-0.25, -0.2) is 0 Å². The summed E-state index contributed by atoms with van der Waals surface area (Å²) in [5, 5.41) is 3.27. The number of carbonyl (C=O) groups excluding carboxylic acids is 1. The van der Waals surface area contributed by atoms with Crippen molar-refractivity contribution in [2.75, 3.05) is 19.6 Å². The van der Waals surface area contributed by atoms with Gasteiger partial charge in [0, 0.05) is 0 Å². The number of amides is 1. The lowest BCUT2D eigenvalue weighted by Crippen LogP contribution is -2.38. The molecule has 2 aromatic rings. The van der Waals surface area contributed by atoms with Gasteiger partial charge in [0.15, 0.2) is 0 Å². The van der Waals surface area contributed by atoms with E-state index in [-0.39, 0.29) is 11.9 Å². The molecule has 3 heteroatoms. The van der Waals surface area contributed by atoms with Gasteiger partial charge in [0.05, 0.1) is 12.6 Å². The van der Waals surface area contributed by atoms with Crippen LogP contribution in [0.25, 0.3) is 0 Å². The van der Waals surface area contributed by atoms with Crippen LogP contribution in [0.5, 0.6) is 0 Å². The van der Waals surface area contributed by atoms with Gasteiger partial charge in [-0.3, -0.25) is 9.69 Å². The minimum Gasteiger partial charge on any atom is -0.348 e. The van der Waals surface area contributed by atoms with Gasteiger partial charge < -0.3 is 5.32 Å². The van der Waals surface area contributed by atoms with Crippen LogP contribution in [0.1, 0.15) is 42.5 Å². The fraction of sp³-hybridized carbons (Fsp3) is 0.409. The third-order valence-electron chi connectivity index (χ3n) is 4.97. The number of nitrogens with zero attached hydrogens (tertiary/aromatic N) is 1. The second-order valence-electron chi connectivity index (χ2n) is 6.89. The molecule has 0 bridgehead atoms. The van der Waals surface area contributed by atoms with Gasteiger partial charge in [0.25, 0.3) is 0 Å². The fourth-order valence-electron chi connectivity index (χ4n) is 3.47. The molecule has 2 aromatic carbocycles. The Morgan fingerprint density at radius 3 is 2.32 bits per heavy atom. The van der Waals surface area contributed by atoms with E-state index in [1.54, 1.807) is 0 Å². The summed E-state index contributed by atoms with van der Waals surface area (Å²) >= 11 is 0. The predicted octanol–water partition coefficient (Wildman–Crippen LogP) is 3.74. The maximum Gasteiger partial charge on any atom is 0.234 e. The summed E-state index contributed by atoms with van der Waals surface area (Å²) in [6, 6.07) is 19.0. The maximum atomic E-state index is 12.5. The highest BCUT2D eigenvalue weighted by atomic mass is 16.2. The van der Waals surface area contributed by atoms with Crippen LogP contribution in [0.4, 0.5) is 0 Å². The Morgan fingerprint density at radius 2 is 1.68 bits per heavy atom. The molecule has 1 fully saturated rings. The number of carbonyl (C=O) groups is 1. The summed E-state index contributed by atoms with van der Waals surface area (Å²) < 4.78 is 0. The Morgan fingerprint density at radius 1 is 1.00 bits per heavy atom. The van der Waals surface area contributed by atoms with Crippen LogP contribution in [0, 0.1) is 0 Å². The number of nitrogens with one attached hydrogen (secondary N) is 1. The highest BCUT2D eigenvalue weighted by molar-refractivity contribution is 5.78. The van der Waals surface area contributed by atoms with Crippen LogP contribution in [-0.4, -0.2) is 30.4 Å². The van der Waals surface area contributed by atoms with Gasteiger partial charge >= 0.3 is 0 Å². The fourth-order valence-corrected chi connectivity index (χ4v) is 3.47. The molecule has 25 heavy (non-hydrogen) atoms. The first-order chi connectivity index (χ1) is 12.2. The molecule has 0 aromatic heterocycles. The second kappa shape index (κ2) is 8.82. The molecule has 1 aliphatic rings. The summed E-state index contributed by atoms with van der Waals surface area (Å²) in [4.78, 5) is 14.8. The quantitative estimate of drug-likeness (QED) is 0.835. The monoisotopic (exact) mass is 336 g/mol. The van der Waals surface area contributed by atoms with Crippen molar-refractivity contribution in [1.29, 1.82) is 0 Å². The van der Waals surface area contributed by atoms with Gasteiger partial charge in [-0.2, -0.15) is 0 Å². The molecule has 0 radical (unpaired) electrons. The summed E-state index contributed by atoms with van der Waals surface area (Å²) in [5.41, 5.74) is 3.75. The average molecular weight is 336 g/mol. The highest BCUT2D eigenvalue weighted by Crippen LogP contribution is 2.20. The van der Waals surface area contributed by atoms with Crippen LogP contribution in [0.2, 0.25) is 0 Å². The third kappa shape index (κ3) is 5.17. The predicted molar refractivity (Wildman–Crippen MR) is 103 cm³/mol. The molecule has 0 aliphatic carbocycles. The normalized spacial score (nSPS) is 15.9. The maximum absolute atomic E-state index is 12.5. The molecule has 1 heterocycles. The van der Waals surface area contributed by atoms with Crippen molar-refractivity contribution in [3.8, 4) is 0 Å². The Labute approximate surface area is 151 Å². The lowest BCUT2D eigenvalue weighted by molar-refractivity contribution is -0.122. The number of rotatable bonds is 7. The molecule has 1 N–H and O–H groups in total. The van der Waals surface area contributed by atoms with E-state index in [9.17, 15) is 4.79 Å². The molecular formula is C22H28N2O. The van der Waals surface area contributed by atoms with E-state index >= 15 is 0 Å². The molecule has 1 amide bonds. The molecule has 3 rings (SSSR count). The van der Waals surface area contributed by atoms with Crippen molar-refractivity contribution in [1.82, 2.24) is 10.2 Å². The summed E-state index contributed by atoms with van der Waals surface area (Å²) in [5.74, 6) is 0.127. The summed E-state index contributed by atoms with van der Waals surface area (Å²) in [7, 11) is 0. The van der Waals surface area contributed by atoms with E-state index < -0.39 is 0 Å². The minimum absolute atomic E-state index is 0.0170. The zero-order chi connectivity index (χ0) is 17.5. The first-order valence-corrected chi connectivity index (χ1v) is 9.39. The van der Waals surface area contributed by atoms with Crippen LogP contribution in [0.15, 0.2) is 54.6 Å². The van der Waals surface area contributed by atoms with E-state index in [1.807, 2.05) is 6.07 Å². The first-order valence-electron chi connectivity index (χ1n) is 9.39. The molecular weight excluding hydrogens is 308 g/mol. The third-order valence-corrected chi connectivity index (χ3v) is 4.97. The van der Waals surface area contributed by atoms with Gasteiger partial charge in [-0.1, -0.05) is 61.5 Å². The Kier molecular flexibility index (Phi) is 6.24. The van der Waals surface area contributed by atoms with Crippen molar-refractivity contribution < 1.29 is 4.79 Å². The number of hydrogen-bond acceptors (Lipinski definition) is 2. The molecule has 1 aliphatic heterocycles. The smallest absolute Gasteiger partial charge is 0.234 e. The van der Waals surface area contributed by atoms with E-state index in [2.05, 4.69) is 65.7 Å². The van der Waals surface area contributed by atoms with Crippen molar-refractivity contribution >= 4 is 5.91 Å². The topological polar surface area (TPSA) is 32.3 Å². The molecule has 0 saturated carbocycles. The lowest BCUT2D eigenvalue weighted by Gasteiger charge is -2.22. The summed E-state index contributed by atoms with van der Waals surface area (Å²) in [6.45, 7) is 4.76. The van der Waals surface area contributed by atoms with Crippen LogP contribution >= 0.6 is 0 Å². The number of hydrogen-bond donors (Lipinski definition) is 1. The number of likely N-dealkylation sites (tertiary alicyclic amines) is 1. The van der Waals surface area contributed by atoms with Crippen molar-refractivity contribution in [2.45, 2.75) is 38.6 Å². The highest BCUT2D eigenvalue weighted by Gasteiger charge is 2.19. The Bertz CT molecular complexity index is 660. The van der Waals surface area contributed by atoms with Crippen LogP contribution < -0.4 is 5.32 Å². The largest absolute Gasteiger partial charge is 0.348 e. The van der Waals surface area contributed by atoms with E-state index in [0.717, 1.165) is 25.9 Å². The molecule has 1 unspecified atom stereocenters. The van der Waals surface area contributed by atoms with Gasteiger partial charge in [0.1, 0.15) is 0 Å². The van der Waals surface area contributed by atoms with Crippen LogP contribution in [-0.2, 0) is 17.6 Å². The lowest BCUT2D eigenvalue weighted by atomic mass is 9.97. The Balaban J connectivity index is 1.71. The van der Waals surface area contributed by atoms with Gasteiger partial charge in [-0.15, -0.1) is 0 Å². The number of benzene rings is 2. The standard InChI is InChI=1S/C22H28N2O/c1-2-18-10-12-20(13-11-18)21(16-19-8-4-3-5-9-19)23-22(25)17-24-14-6-7-15-24/h3-5,8-13,21H,2,6-7,14-17H2,1H3,(H,23,25). The van der Waals surface area contributed by atoms with E-state index in [1.165, 1.54) is 29.5 Å². The SMILES string of the molecule is CCc1ccc(C(Cc2ccccc2)NC(=O)CN2CCCC2)cc1. The van der Waals surface area contributed by atoms with Crippen molar-refractivity contribution in [3.63, 3.8) is 0 Å². The van der Waals surface area contributed by atoms with E-state index in [4.69, 9.17) is 0 Å². The van der Waals surface area contributed by atoms with Crippen molar-refractivity contribution in [2.24, 2.45) is 0 Å². The molecule has 1 saturated heterocycles. The minimum atomic E-state index is 0.0170. The van der Waals surface area contributed by atoms with Crippen molar-refractivity contribution in [3.05, 3.63) is 71.3 Å². The van der Waals surface area contributed by atoms with Gasteiger partial charge in [0.2, 0.25) is 5.91 Å². The average Bonchev–Trinajstić information content (AvgIpc) is 3.15. The zero-order valence-electron chi connectivity index (χ0n) is 15.1. The van der Waals surface area contributed by atoms with E-state index in [0.29, 0.717) is 6.54 Å². The van der Waals surface area contributed by atoms with Crippen LogP contribution in [0.3, 0.4) is 0 Å².